The number of anilines is 1. The van der Waals surface area contributed by atoms with Crippen LogP contribution in [0.15, 0.2) is 52.0 Å². The summed E-state index contributed by atoms with van der Waals surface area (Å²) in [6, 6.07) is 5.21. The van der Waals surface area contributed by atoms with Crippen molar-refractivity contribution in [3.8, 4) is 11.4 Å². The minimum Gasteiger partial charge on any atom is -0.313 e. The summed E-state index contributed by atoms with van der Waals surface area (Å²) in [5.74, 6) is 0.0146. The highest BCUT2D eigenvalue weighted by Gasteiger charge is 2.10. The van der Waals surface area contributed by atoms with Crippen molar-refractivity contribution in [1.29, 1.82) is 0 Å². The van der Waals surface area contributed by atoms with Gasteiger partial charge in [0.2, 0.25) is 5.82 Å². The number of carbonyl (C=O) groups excluding carboxylic acids is 1. The Bertz CT molecular complexity index is 792. The van der Waals surface area contributed by atoms with E-state index in [-0.39, 0.29) is 11.9 Å². The Kier molecular flexibility index (Phi) is 4.05. The molecule has 3 aromatic rings. The molecular formula is C13H9BrN6O2. The molecule has 0 atom stereocenters. The number of nitrogens with zero attached hydrogens (tertiary/aromatic N) is 4. The molecular weight excluding hydrogens is 352 g/mol. The second-order valence-corrected chi connectivity index (χ2v) is 5.05. The van der Waals surface area contributed by atoms with Gasteiger partial charge in [0, 0.05) is 34.8 Å². The van der Waals surface area contributed by atoms with E-state index in [9.17, 15) is 4.79 Å². The van der Waals surface area contributed by atoms with Crippen molar-refractivity contribution in [1.82, 2.24) is 25.5 Å². The lowest BCUT2D eigenvalue weighted by molar-refractivity contribution is 0.0960. The predicted octanol–water partition coefficient (Wildman–Crippen LogP) is 2.05. The monoisotopic (exact) mass is 360 g/mol. The molecule has 110 valence electrons. The number of rotatable bonds is 4. The zero-order valence-corrected chi connectivity index (χ0v) is 12.6. The quantitative estimate of drug-likeness (QED) is 0.685. The molecule has 0 aliphatic heterocycles. The molecule has 0 saturated carbocycles. The Morgan fingerprint density at radius 2 is 2.00 bits per heavy atom. The summed E-state index contributed by atoms with van der Waals surface area (Å²) in [7, 11) is 0. The van der Waals surface area contributed by atoms with E-state index in [1.54, 1.807) is 36.8 Å². The van der Waals surface area contributed by atoms with Crippen LogP contribution in [0.2, 0.25) is 0 Å². The third-order valence-electron chi connectivity index (χ3n) is 2.61. The van der Waals surface area contributed by atoms with Gasteiger partial charge in [0.25, 0.3) is 5.91 Å². The maximum atomic E-state index is 11.9. The lowest BCUT2D eigenvalue weighted by Crippen LogP contribution is -2.29. The molecule has 3 aromatic heterocycles. The van der Waals surface area contributed by atoms with Gasteiger partial charge in [-0.2, -0.15) is 4.98 Å². The zero-order chi connectivity index (χ0) is 15.4. The second-order valence-electron chi connectivity index (χ2n) is 4.13. The predicted molar refractivity (Wildman–Crippen MR) is 80.6 cm³/mol. The molecule has 0 aromatic carbocycles. The number of hydrogen-bond donors (Lipinski definition) is 2. The van der Waals surface area contributed by atoms with Gasteiger partial charge >= 0.3 is 6.01 Å². The maximum Gasteiger partial charge on any atom is 0.340 e. The van der Waals surface area contributed by atoms with Gasteiger partial charge in [0.05, 0.1) is 5.56 Å². The lowest BCUT2D eigenvalue weighted by atomic mass is 10.3. The van der Waals surface area contributed by atoms with Gasteiger partial charge < -0.3 is 4.52 Å². The highest BCUT2D eigenvalue weighted by Crippen LogP contribution is 2.15. The van der Waals surface area contributed by atoms with Gasteiger partial charge in [-0.1, -0.05) is 5.16 Å². The topological polar surface area (TPSA) is 106 Å². The van der Waals surface area contributed by atoms with E-state index in [2.05, 4.69) is 46.9 Å². The Morgan fingerprint density at radius 1 is 1.18 bits per heavy atom. The molecule has 3 heterocycles. The van der Waals surface area contributed by atoms with Crippen molar-refractivity contribution in [3.05, 3.63) is 53.0 Å². The first kappa shape index (κ1) is 14.1. The molecule has 0 spiro atoms. The van der Waals surface area contributed by atoms with Crippen LogP contribution in [-0.4, -0.2) is 26.0 Å². The molecule has 0 unspecified atom stereocenters. The lowest BCUT2D eigenvalue weighted by Gasteiger charge is -2.03. The maximum absolute atomic E-state index is 11.9. The fourth-order valence-corrected chi connectivity index (χ4v) is 1.98. The van der Waals surface area contributed by atoms with E-state index in [0.29, 0.717) is 15.9 Å². The molecule has 8 nitrogen and oxygen atoms in total. The summed E-state index contributed by atoms with van der Waals surface area (Å²) in [5.41, 5.74) is 6.15. The fraction of sp³-hybridized carbons (Fsp3) is 0. The van der Waals surface area contributed by atoms with E-state index >= 15 is 0 Å². The van der Waals surface area contributed by atoms with Gasteiger partial charge in [-0.3, -0.25) is 20.2 Å². The van der Waals surface area contributed by atoms with E-state index in [0.717, 1.165) is 5.56 Å². The number of carbonyl (C=O) groups is 1. The van der Waals surface area contributed by atoms with Crippen LogP contribution in [0.3, 0.4) is 0 Å². The van der Waals surface area contributed by atoms with Crippen molar-refractivity contribution in [2.75, 3.05) is 5.43 Å². The number of hydrogen-bond acceptors (Lipinski definition) is 7. The summed E-state index contributed by atoms with van der Waals surface area (Å²) < 4.78 is 5.70. The Balaban J connectivity index is 1.65. The van der Waals surface area contributed by atoms with Crippen LogP contribution in [0.25, 0.3) is 11.4 Å². The number of pyridine rings is 2. The zero-order valence-electron chi connectivity index (χ0n) is 11.0. The molecule has 0 fully saturated rings. The van der Waals surface area contributed by atoms with Crippen LogP contribution in [0.4, 0.5) is 6.01 Å². The second kappa shape index (κ2) is 6.31. The largest absolute Gasteiger partial charge is 0.340 e. The minimum atomic E-state index is -0.377. The third kappa shape index (κ3) is 3.26. The van der Waals surface area contributed by atoms with E-state index < -0.39 is 0 Å². The highest BCUT2D eigenvalue weighted by molar-refractivity contribution is 9.10. The fourth-order valence-electron chi connectivity index (χ4n) is 1.61. The molecule has 9 heteroatoms. The Hall–Kier alpha value is -2.81. The van der Waals surface area contributed by atoms with Crippen LogP contribution >= 0.6 is 15.9 Å². The SMILES string of the molecule is O=C(NNc1nc(-c2ccncc2)no1)c1cncc(Br)c1. The molecule has 3 rings (SSSR count). The molecule has 0 saturated heterocycles. The number of amides is 1. The van der Waals surface area contributed by atoms with Crippen molar-refractivity contribution < 1.29 is 9.32 Å². The number of aromatic nitrogens is 4. The van der Waals surface area contributed by atoms with Crippen LogP contribution in [-0.2, 0) is 0 Å². The van der Waals surface area contributed by atoms with Gasteiger partial charge in [-0.05, 0) is 34.1 Å². The van der Waals surface area contributed by atoms with Gasteiger partial charge in [0.15, 0.2) is 0 Å². The van der Waals surface area contributed by atoms with Crippen LogP contribution in [0.5, 0.6) is 0 Å². The Labute approximate surface area is 133 Å². The van der Waals surface area contributed by atoms with Gasteiger partial charge in [-0.15, -0.1) is 0 Å². The summed E-state index contributed by atoms with van der Waals surface area (Å²) >= 11 is 3.25. The van der Waals surface area contributed by atoms with Crippen molar-refractivity contribution >= 4 is 27.9 Å². The van der Waals surface area contributed by atoms with Gasteiger partial charge in [-0.25, -0.2) is 5.43 Å². The standard InChI is InChI=1S/C13H9BrN6O2/c14-10-5-9(6-16-7-10)12(21)18-19-13-17-11(20-22-13)8-1-3-15-4-2-8/h1-7H,(H,18,21)(H,17,19,20). The first-order chi connectivity index (χ1) is 10.7. The van der Waals surface area contributed by atoms with Crippen molar-refractivity contribution in [3.63, 3.8) is 0 Å². The number of hydrazine groups is 1. The summed E-state index contributed by atoms with van der Waals surface area (Å²) in [6.07, 6.45) is 6.28. The highest BCUT2D eigenvalue weighted by atomic mass is 79.9. The molecule has 1 amide bonds. The molecule has 0 aliphatic carbocycles. The average Bonchev–Trinajstić information content (AvgIpc) is 3.02. The minimum absolute atomic E-state index is 0.0723. The third-order valence-corrected chi connectivity index (χ3v) is 3.05. The molecule has 22 heavy (non-hydrogen) atoms. The van der Waals surface area contributed by atoms with Crippen molar-refractivity contribution in [2.45, 2.75) is 0 Å². The molecule has 2 N–H and O–H groups in total. The Morgan fingerprint density at radius 3 is 2.77 bits per heavy atom. The molecule has 0 bridgehead atoms. The average molecular weight is 361 g/mol. The molecule has 0 aliphatic rings. The smallest absolute Gasteiger partial charge is 0.313 e. The normalized spacial score (nSPS) is 10.2. The number of nitrogens with one attached hydrogen (secondary N) is 2. The number of halogens is 1. The summed E-state index contributed by atoms with van der Waals surface area (Å²) in [6.45, 7) is 0. The molecule has 0 radical (unpaired) electrons. The van der Waals surface area contributed by atoms with Crippen LogP contribution < -0.4 is 10.9 Å². The summed E-state index contributed by atoms with van der Waals surface area (Å²) in [5, 5.41) is 3.80. The first-order valence-electron chi connectivity index (χ1n) is 6.13. The van der Waals surface area contributed by atoms with E-state index in [1.165, 1.54) is 6.20 Å². The van der Waals surface area contributed by atoms with Crippen molar-refractivity contribution in [2.24, 2.45) is 0 Å². The van der Waals surface area contributed by atoms with E-state index in [1.807, 2.05) is 0 Å². The van der Waals surface area contributed by atoms with E-state index in [4.69, 9.17) is 4.52 Å². The summed E-state index contributed by atoms with van der Waals surface area (Å²) in [4.78, 5) is 23.8. The van der Waals surface area contributed by atoms with Crippen LogP contribution in [0.1, 0.15) is 10.4 Å². The van der Waals surface area contributed by atoms with Crippen LogP contribution in [0, 0.1) is 0 Å². The first-order valence-corrected chi connectivity index (χ1v) is 6.93. The van der Waals surface area contributed by atoms with Gasteiger partial charge in [0.1, 0.15) is 0 Å².